The Morgan fingerprint density at radius 1 is 1.28 bits per heavy atom. The standard InChI is InChI=1S/C19H22F3NO2/c1-3-18(24)23-16-10-11-17(25-2)14(12-16)7-4-13-5-8-15(9-6-13)19(20,21)22/h3-4,7,10-13,15H,1,5-6,8-9H2,2H3,(H,23,24)/b7-4+. The first-order chi connectivity index (χ1) is 11.8. The van der Waals surface area contributed by atoms with Gasteiger partial charge in [-0.1, -0.05) is 18.7 Å². The summed E-state index contributed by atoms with van der Waals surface area (Å²) in [6.07, 6.45) is 2.26. The lowest BCUT2D eigenvalue weighted by molar-refractivity contribution is -0.183. The third-order valence-electron chi connectivity index (χ3n) is 4.47. The zero-order valence-electron chi connectivity index (χ0n) is 14.1. The molecule has 1 fully saturated rings. The number of carbonyl (C=O) groups is 1. The van der Waals surface area contributed by atoms with Crippen LogP contribution in [-0.2, 0) is 4.79 Å². The summed E-state index contributed by atoms with van der Waals surface area (Å²) in [5.41, 5.74) is 1.37. The fourth-order valence-corrected chi connectivity index (χ4v) is 3.01. The van der Waals surface area contributed by atoms with E-state index in [-0.39, 0.29) is 24.7 Å². The zero-order chi connectivity index (χ0) is 18.4. The van der Waals surface area contributed by atoms with Gasteiger partial charge in [0.1, 0.15) is 5.75 Å². The van der Waals surface area contributed by atoms with Gasteiger partial charge in [0.15, 0.2) is 0 Å². The van der Waals surface area contributed by atoms with Gasteiger partial charge >= 0.3 is 6.18 Å². The summed E-state index contributed by atoms with van der Waals surface area (Å²) in [6.45, 7) is 3.40. The van der Waals surface area contributed by atoms with Gasteiger partial charge in [-0.05, 0) is 55.9 Å². The Morgan fingerprint density at radius 2 is 1.96 bits per heavy atom. The number of hydrogen-bond acceptors (Lipinski definition) is 2. The number of rotatable bonds is 5. The van der Waals surface area contributed by atoms with Crippen molar-refractivity contribution in [2.24, 2.45) is 11.8 Å². The maximum Gasteiger partial charge on any atom is 0.391 e. The molecule has 136 valence electrons. The van der Waals surface area contributed by atoms with Crippen molar-refractivity contribution in [2.45, 2.75) is 31.9 Å². The van der Waals surface area contributed by atoms with E-state index >= 15 is 0 Å². The number of alkyl halides is 3. The smallest absolute Gasteiger partial charge is 0.391 e. The Hall–Kier alpha value is -2.24. The van der Waals surface area contributed by atoms with Gasteiger partial charge in [0.25, 0.3) is 0 Å². The van der Waals surface area contributed by atoms with Gasteiger partial charge in [-0.15, -0.1) is 0 Å². The van der Waals surface area contributed by atoms with Crippen LogP contribution in [0.1, 0.15) is 31.2 Å². The first-order valence-electron chi connectivity index (χ1n) is 8.20. The Labute approximate surface area is 145 Å². The fraction of sp³-hybridized carbons (Fsp3) is 0.421. The summed E-state index contributed by atoms with van der Waals surface area (Å²) in [7, 11) is 1.54. The SMILES string of the molecule is C=CC(=O)Nc1ccc(OC)c(/C=C/C2CCC(C(F)(F)F)CC2)c1. The molecular weight excluding hydrogens is 331 g/mol. The molecular formula is C19H22F3NO2. The van der Waals surface area contributed by atoms with Crippen LogP contribution in [0, 0.1) is 11.8 Å². The average Bonchev–Trinajstić information content (AvgIpc) is 2.59. The molecule has 0 radical (unpaired) electrons. The molecule has 25 heavy (non-hydrogen) atoms. The minimum Gasteiger partial charge on any atom is -0.496 e. The van der Waals surface area contributed by atoms with Crippen molar-refractivity contribution in [1.82, 2.24) is 0 Å². The molecule has 0 spiro atoms. The Balaban J connectivity index is 2.05. The Kier molecular flexibility index (Phi) is 6.28. The van der Waals surface area contributed by atoms with Gasteiger partial charge in [-0.2, -0.15) is 13.2 Å². The summed E-state index contributed by atoms with van der Waals surface area (Å²) in [4.78, 5) is 11.4. The van der Waals surface area contributed by atoms with Crippen LogP contribution in [0.3, 0.4) is 0 Å². The highest BCUT2D eigenvalue weighted by atomic mass is 19.4. The molecule has 3 nitrogen and oxygen atoms in total. The lowest BCUT2D eigenvalue weighted by Gasteiger charge is -2.28. The van der Waals surface area contributed by atoms with E-state index in [2.05, 4.69) is 11.9 Å². The Morgan fingerprint density at radius 3 is 2.52 bits per heavy atom. The van der Waals surface area contributed by atoms with Gasteiger partial charge in [-0.3, -0.25) is 4.79 Å². The van der Waals surface area contributed by atoms with Gasteiger partial charge < -0.3 is 10.1 Å². The summed E-state index contributed by atoms with van der Waals surface area (Å²) in [6, 6.07) is 5.21. The number of anilines is 1. The van der Waals surface area contributed by atoms with Crippen LogP contribution in [-0.4, -0.2) is 19.2 Å². The molecule has 0 aromatic heterocycles. The van der Waals surface area contributed by atoms with Gasteiger partial charge in [0.2, 0.25) is 5.91 Å². The monoisotopic (exact) mass is 353 g/mol. The minimum atomic E-state index is -4.09. The molecule has 2 rings (SSSR count). The minimum absolute atomic E-state index is 0.120. The van der Waals surface area contributed by atoms with E-state index in [1.165, 1.54) is 6.08 Å². The molecule has 0 saturated heterocycles. The molecule has 1 aromatic carbocycles. The number of carbonyl (C=O) groups excluding carboxylic acids is 1. The first kappa shape index (κ1) is 19.1. The maximum absolute atomic E-state index is 12.7. The molecule has 6 heteroatoms. The van der Waals surface area contributed by atoms with Crippen LogP contribution in [0.2, 0.25) is 0 Å². The number of allylic oxidation sites excluding steroid dienone is 1. The third-order valence-corrected chi connectivity index (χ3v) is 4.47. The normalized spacial score (nSPS) is 21.1. The third kappa shape index (κ3) is 5.37. The molecule has 1 aromatic rings. The van der Waals surface area contributed by atoms with Gasteiger partial charge in [0.05, 0.1) is 13.0 Å². The number of amides is 1. The topological polar surface area (TPSA) is 38.3 Å². The second-order valence-electron chi connectivity index (χ2n) is 6.16. The van der Waals surface area contributed by atoms with Crippen molar-refractivity contribution in [3.8, 4) is 5.75 Å². The van der Waals surface area contributed by atoms with E-state index in [9.17, 15) is 18.0 Å². The second kappa shape index (κ2) is 8.23. The van der Waals surface area contributed by atoms with Crippen molar-refractivity contribution in [2.75, 3.05) is 12.4 Å². The summed E-state index contributed by atoms with van der Waals surface area (Å²) in [5.74, 6) is -0.735. The fourth-order valence-electron chi connectivity index (χ4n) is 3.01. The van der Waals surface area contributed by atoms with Crippen molar-refractivity contribution < 1.29 is 22.7 Å². The molecule has 0 unspecified atom stereocenters. The van der Waals surface area contributed by atoms with Gasteiger partial charge in [0, 0.05) is 11.3 Å². The molecule has 0 aliphatic heterocycles. The van der Waals surface area contributed by atoms with E-state index in [0.29, 0.717) is 24.3 Å². The number of nitrogens with one attached hydrogen (secondary N) is 1. The molecule has 1 aliphatic carbocycles. The van der Waals surface area contributed by atoms with E-state index < -0.39 is 12.1 Å². The maximum atomic E-state index is 12.7. The highest BCUT2D eigenvalue weighted by Crippen LogP contribution is 2.40. The lowest BCUT2D eigenvalue weighted by atomic mass is 9.81. The number of ether oxygens (including phenoxy) is 1. The molecule has 1 saturated carbocycles. The molecule has 1 amide bonds. The largest absolute Gasteiger partial charge is 0.496 e. The highest BCUT2D eigenvalue weighted by molar-refractivity contribution is 5.99. The molecule has 0 heterocycles. The van der Waals surface area contributed by atoms with Crippen molar-refractivity contribution in [3.63, 3.8) is 0 Å². The molecule has 0 atom stereocenters. The lowest BCUT2D eigenvalue weighted by Crippen LogP contribution is -2.27. The Bertz CT molecular complexity index is 645. The van der Waals surface area contributed by atoms with Crippen molar-refractivity contribution in [1.29, 1.82) is 0 Å². The summed E-state index contributed by atoms with van der Waals surface area (Å²) >= 11 is 0. The summed E-state index contributed by atoms with van der Waals surface area (Å²) in [5, 5.41) is 2.67. The van der Waals surface area contributed by atoms with Crippen LogP contribution >= 0.6 is 0 Å². The number of hydrogen-bond donors (Lipinski definition) is 1. The van der Waals surface area contributed by atoms with Crippen LogP contribution < -0.4 is 10.1 Å². The van der Waals surface area contributed by atoms with E-state index in [1.807, 2.05) is 12.2 Å². The van der Waals surface area contributed by atoms with E-state index in [4.69, 9.17) is 4.74 Å². The zero-order valence-corrected chi connectivity index (χ0v) is 14.1. The quantitative estimate of drug-likeness (QED) is 0.739. The van der Waals surface area contributed by atoms with Crippen LogP contribution in [0.4, 0.5) is 18.9 Å². The van der Waals surface area contributed by atoms with Gasteiger partial charge in [-0.25, -0.2) is 0 Å². The predicted octanol–water partition coefficient (Wildman–Crippen LogP) is 5.20. The van der Waals surface area contributed by atoms with Crippen molar-refractivity contribution in [3.05, 3.63) is 42.5 Å². The predicted molar refractivity (Wildman–Crippen MR) is 92.4 cm³/mol. The number of benzene rings is 1. The van der Waals surface area contributed by atoms with E-state index in [0.717, 1.165) is 5.56 Å². The molecule has 0 bridgehead atoms. The summed E-state index contributed by atoms with van der Waals surface area (Å²) < 4.78 is 43.5. The molecule has 1 N–H and O–H groups in total. The first-order valence-corrected chi connectivity index (χ1v) is 8.20. The average molecular weight is 353 g/mol. The molecule has 1 aliphatic rings. The van der Waals surface area contributed by atoms with Crippen LogP contribution in [0.15, 0.2) is 36.9 Å². The second-order valence-corrected chi connectivity index (χ2v) is 6.16. The van der Waals surface area contributed by atoms with Crippen LogP contribution in [0.25, 0.3) is 6.08 Å². The van der Waals surface area contributed by atoms with Crippen LogP contribution in [0.5, 0.6) is 5.75 Å². The highest BCUT2D eigenvalue weighted by Gasteiger charge is 2.40. The van der Waals surface area contributed by atoms with Crippen molar-refractivity contribution >= 4 is 17.7 Å². The number of methoxy groups -OCH3 is 1. The number of halogens is 3. The van der Waals surface area contributed by atoms with E-state index in [1.54, 1.807) is 25.3 Å².